The van der Waals surface area contributed by atoms with E-state index in [0.717, 1.165) is 24.3 Å². The first-order valence-electron chi connectivity index (χ1n) is 5.93. The van der Waals surface area contributed by atoms with Gasteiger partial charge in [-0.25, -0.2) is 8.78 Å². The molecule has 0 radical (unpaired) electrons. The molecule has 2 rings (SSSR count). The Labute approximate surface area is 118 Å². The molecule has 0 saturated heterocycles. The fourth-order valence-electron chi connectivity index (χ4n) is 1.76. The fraction of sp³-hybridized carbons (Fsp3) is 0.133. The number of carbonyl (C=O) groups excluding carboxylic acids is 1. The minimum atomic E-state index is -2.98. The van der Waals surface area contributed by atoms with E-state index in [2.05, 4.69) is 4.74 Å². The molecule has 0 atom stereocenters. The van der Waals surface area contributed by atoms with E-state index < -0.39 is 29.6 Å². The second-order valence-corrected chi connectivity index (χ2v) is 4.31. The Bertz CT molecular complexity index is 666. The molecule has 0 saturated carbocycles. The highest BCUT2D eigenvalue weighted by Crippen LogP contribution is 2.20. The highest BCUT2D eigenvalue weighted by atomic mass is 19.3. The molecule has 0 fully saturated rings. The Morgan fingerprint density at radius 2 is 1.67 bits per heavy atom. The van der Waals surface area contributed by atoms with Crippen LogP contribution >= 0.6 is 0 Å². The van der Waals surface area contributed by atoms with Crippen molar-refractivity contribution in [3.63, 3.8) is 0 Å². The van der Waals surface area contributed by atoms with Gasteiger partial charge in [-0.1, -0.05) is 0 Å². The molecule has 110 valence electrons. The fourth-order valence-corrected chi connectivity index (χ4v) is 1.76. The molecule has 2 nitrogen and oxygen atoms in total. The quantitative estimate of drug-likeness (QED) is 0.627. The van der Waals surface area contributed by atoms with Crippen molar-refractivity contribution in [2.75, 3.05) is 0 Å². The third-order valence-electron chi connectivity index (χ3n) is 2.83. The van der Waals surface area contributed by atoms with Crippen LogP contribution in [0.25, 0.3) is 0 Å². The average molecular weight is 298 g/mol. The zero-order valence-corrected chi connectivity index (χ0v) is 10.9. The van der Waals surface area contributed by atoms with E-state index >= 15 is 0 Å². The number of carbonyl (C=O) groups is 1. The van der Waals surface area contributed by atoms with Crippen LogP contribution in [0.3, 0.4) is 0 Å². The van der Waals surface area contributed by atoms with E-state index in [4.69, 9.17) is 0 Å². The van der Waals surface area contributed by atoms with Gasteiger partial charge in [0.25, 0.3) is 0 Å². The number of hydrogen-bond acceptors (Lipinski definition) is 2. The number of ketones is 1. The van der Waals surface area contributed by atoms with Crippen molar-refractivity contribution in [3.8, 4) is 5.75 Å². The molecule has 0 spiro atoms. The highest BCUT2D eigenvalue weighted by molar-refractivity contribution is 6.09. The van der Waals surface area contributed by atoms with Crippen LogP contribution in [0.4, 0.5) is 17.6 Å². The van der Waals surface area contributed by atoms with E-state index in [-0.39, 0.29) is 16.9 Å². The summed E-state index contributed by atoms with van der Waals surface area (Å²) in [7, 11) is 0. The normalized spacial score (nSPS) is 10.8. The Balaban J connectivity index is 2.30. The minimum absolute atomic E-state index is 0.0405. The number of alkyl halides is 2. The third kappa shape index (κ3) is 3.39. The number of benzene rings is 2. The summed E-state index contributed by atoms with van der Waals surface area (Å²) in [5, 5.41) is 0. The topological polar surface area (TPSA) is 26.3 Å². The molecule has 0 aromatic heterocycles. The Kier molecular flexibility index (Phi) is 4.26. The van der Waals surface area contributed by atoms with Crippen LogP contribution in [0.2, 0.25) is 0 Å². The first kappa shape index (κ1) is 15.0. The molecule has 0 bridgehead atoms. The van der Waals surface area contributed by atoms with Crippen LogP contribution in [-0.4, -0.2) is 12.4 Å². The summed E-state index contributed by atoms with van der Waals surface area (Å²) in [6.07, 6.45) is 0. The number of aryl methyl sites for hydroxylation is 1. The molecule has 0 amide bonds. The van der Waals surface area contributed by atoms with Crippen LogP contribution < -0.4 is 4.74 Å². The molecular formula is C15H10F4O2. The van der Waals surface area contributed by atoms with Crippen LogP contribution in [0, 0.1) is 18.6 Å². The van der Waals surface area contributed by atoms with Crippen molar-refractivity contribution < 1.29 is 27.1 Å². The van der Waals surface area contributed by atoms with Crippen molar-refractivity contribution in [3.05, 3.63) is 64.7 Å². The van der Waals surface area contributed by atoms with Crippen molar-refractivity contribution in [2.24, 2.45) is 0 Å². The first-order chi connectivity index (χ1) is 9.88. The van der Waals surface area contributed by atoms with Crippen molar-refractivity contribution in [1.29, 1.82) is 0 Å². The number of halogens is 4. The molecule has 21 heavy (non-hydrogen) atoms. The molecular weight excluding hydrogens is 288 g/mol. The summed E-state index contributed by atoms with van der Waals surface area (Å²) in [5.41, 5.74) is -0.288. The van der Waals surface area contributed by atoms with Crippen LogP contribution in [0.5, 0.6) is 5.75 Å². The monoisotopic (exact) mass is 298 g/mol. The van der Waals surface area contributed by atoms with Gasteiger partial charge in [0.1, 0.15) is 17.4 Å². The molecule has 0 aliphatic rings. The van der Waals surface area contributed by atoms with Crippen molar-refractivity contribution in [1.82, 2.24) is 0 Å². The summed E-state index contributed by atoms with van der Waals surface area (Å²) in [6.45, 7) is -1.60. The van der Waals surface area contributed by atoms with Gasteiger partial charge in [-0.3, -0.25) is 4.79 Å². The minimum Gasteiger partial charge on any atom is -0.435 e. The summed E-state index contributed by atoms with van der Waals surface area (Å²) in [4.78, 5) is 12.1. The van der Waals surface area contributed by atoms with Gasteiger partial charge in [-0.2, -0.15) is 8.78 Å². The van der Waals surface area contributed by atoms with Gasteiger partial charge in [0, 0.05) is 5.56 Å². The SMILES string of the molecule is Cc1cc(F)c(C(=O)c2ccc(OC(F)F)cc2)cc1F. The van der Waals surface area contributed by atoms with Gasteiger partial charge < -0.3 is 4.74 Å². The lowest BCUT2D eigenvalue weighted by atomic mass is 10.0. The van der Waals surface area contributed by atoms with Gasteiger partial charge in [0.2, 0.25) is 0 Å². The first-order valence-corrected chi connectivity index (χ1v) is 5.93. The second kappa shape index (κ2) is 5.95. The summed E-state index contributed by atoms with van der Waals surface area (Å²) in [5.74, 6) is -2.41. The molecule has 0 unspecified atom stereocenters. The van der Waals surface area contributed by atoms with Gasteiger partial charge in [0.05, 0.1) is 5.56 Å². The summed E-state index contributed by atoms with van der Waals surface area (Å²) < 4.78 is 55.3. The van der Waals surface area contributed by atoms with Crippen molar-refractivity contribution in [2.45, 2.75) is 13.5 Å². The molecule has 0 N–H and O–H groups in total. The number of ether oxygens (including phenoxy) is 1. The maximum absolute atomic E-state index is 13.7. The van der Waals surface area contributed by atoms with E-state index in [1.54, 1.807) is 0 Å². The predicted molar refractivity (Wildman–Crippen MR) is 67.6 cm³/mol. The van der Waals surface area contributed by atoms with Gasteiger partial charge in [-0.15, -0.1) is 0 Å². The van der Waals surface area contributed by atoms with E-state index in [1.165, 1.54) is 19.1 Å². The van der Waals surface area contributed by atoms with E-state index in [0.29, 0.717) is 0 Å². The average Bonchev–Trinajstić information content (AvgIpc) is 2.42. The molecule has 0 aliphatic heterocycles. The van der Waals surface area contributed by atoms with Crippen LogP contribution in [0.15, 0.2) is 36.4 Å². The second-order valence-electron chi connectivity index (χ2n) is 4.31. The lowest BCUT2D eigenvalue weighted by molar-refractivity contribution is -0.0498. The van der Waals surface area contributed by atoms with E-state index in [1.807, 2.05) is 0 Å². The van der Waals surface area contributed by atoms with Crippen molar-refractivity contribution >= 4 is 5.78 Å². The molecule has 2 aromatic rings. The lowest BCUT2D eigenvalue weighted by Crippen LogP contribution is -2.06. The Morgan fingerprint density at radius 1 is 1.05 bits per heavy atom. The van der Waals surface area contributed by atoms with Crippen LogP contribution in [0.1, 0.15) is 21.5 Å². The maximum atomic E-state index is 13.7. The molecule has 6 heteroatoms. The Morgan fingerprint density at radius 3 is 2.24 bits per heavy atom. The number of rotatable bonds is 4. The Hall–Kier alpha value is -2.37. The van der Waals surface area contributed by atoms with Gasteiger partial charge >= 0.3 is 6.61 Å². The molecule has 0 heterocycles. The zero-order chi connectivity index (χ0) is 15.6. The van der Waals surface area contributed by atoms with Gasteiger partial charge in [-0.05, 0) is 48.9 Å². The molecule has 2 aromatic carbocycles. The molecule has 0 aliphatic carbocycles. The van der Waals surface area contributed by atoms with Gasteiger partial charge in [0.15, 0.2) is 5.78 Å². The number of hydrogen-bond donors (Lipinski definition) is 0. The summed E-state index contributed by atoms with van der Waals surface area (Å²) >= 11 is 0. The highest BCUT2D eigenvalue weighted by Gasteiger charge is 2.17. The predicted octanol–water partition coefficient (Wildman–Crippen LogP) is 4.11. The lowest BCUT2D eigenvalue weighted by Gasteiger charge is -2.07. The van der Waals surface area contributed by atoms with Crippen LogP contribution in [-0.2, 0) is 0 Å². The zero-order valence-electron chi connectivity index (χ0n) is 10.9. The third-order valence-corrected chi connectivity index (χ3v) is 2.83. The smallest absolute Gasteiger partial charge is 0.387 e. The maximum Gasteiger partial charge on any atom is 0.387 e. The summed E-state index contributed by atoms with van der Waals surface area (Å²) in [6, 6.07) is 6.46. The standard InChI is InChI=1S/C15H10F4O2/c1-8-6-13(17)11(7-12(8)16)14(20)9-2-4-10(5-3-9)21-15(18)19/h2-7,15H,1H3. The largest absolute Gasteiger partial charge is 0.435 e. The van der Waals surface area contributed by atoms with E-state index in [9.17, 15) is 22.4 Å².